The van der Waals surface area contributed by atoms with Gasteiger partial charge in [0, 0.05) is 18.8 Å². The molecule has 2 aromatic carbocycles. The number of hydrogen-bond donors (Lipinski definition) is 5. The first-order valence-electron chi connectivity index (χ1n) is 15.5. The zero-order valence-corrected chi connectivity index (χ0v) is 25.9. The number of hydrogen-bond acceptors (Lipinski definition) is 10. The van der Waals surface area contributed by atoms with E-state index in [-0.39, 0.29) is 36.3 Å². The number of piperidine rings is 1. The molecule has 0 bridgehead atoms. The van der Waals surface area contributed by atoms with Crippen LogP contribution in [-0.4, -0.2) is 88.7 Å². The number of benzene rings is 2. The lowest BCUT2D eigenvalue weighted by Gasteiger charge is -2.37. The Kier molecular flexibility index (Phi) is 11.8. The molecule has 4 rings (SSSR count). The fourth-order valence-corrected chi connectivity index (χ4v) is 5.81. The Morgan fingerprint density at radius 2 is 1.71 bits per heavy atom. The zero-order chi connectivity index (χ0) is 32.7. The van der Waals surface area contributed by atoms with Crippen LogP contribution in [0.15, 0.2) is 42.5 Å². The Hall–Kier alpha value is -3.71. The van der Waals surface area contributed by atoms with Gasteiger partial charge in [-0.05, 0) is 67.9 Å². The standard InChI is InChI=1S/C33H44N2O10/c1-4-43-25-17-20(12-13-22(25)32(42)45-33-29(39)27(37)28(38)30(44-33)31(40)41)18-26(36)34-23(16-19(2)3)21-10-6-7-11-24(21)35-14-8-5-9-15-35/h6-7,10-13,17,19,23,27-30,33,37-39H,4-5,8-9,14-16,18H2,1-3H3,(H,34,36)(H,40,41)/t23-,27-,28-,29+,30-,33?/m0/s1. The molecular weight excluding hydrogens is 584 g/mol. The van der Waals surface area contributed by atoms with Crippen LogP contribution in [0.4, 0.5) is 5.69 Å². The molecular formula is C33H44N2O10. The van der Waals surface area contributed by atoms with Crippen LogP contribution < -0.4 is 15.0 Å². The van der Waals surface area contributed by atoms with E-state index in [0.717, 1.165) is 43.6 Å². The first-order valence-corrected chi connectivity index (χ1v) is 15.5. The van der Waals surface area contributed by atoms with Gasteiger partial charge in [0.2, 0.25) is 12.2 Å². The summed E-state index contributed by atoms with van der Waals surface area (Å²) in [7, 11) is 0. The number of nitrogens with zero attached hydrogens (tertiary/aromatic N) is 1. The summed E-state index contributed by atoms with van der Waals surface area (Å²) >= 11 is 0. The summed E-state index contributed by atoms with van der Waals surface area (Å²) in [6, 6.07) is 12.6. The SMILES string of the molecule is CCOc1cc(CC(=O)N[C@@H](CC(C)C)c2ccccc2N2CCCCC2)ccc1C(=O)OC1O[C@H](C(=O)O)[C@@H](O)[C@H](O)[C@H]1O. The molecule has 12 heteroatoms. The average molecular weight is 629 g/mol. The van der Waals surface area contributed by atoms with Crippen molar-refractivity contribution >= 4 is 23.5 Å². The fourth-order valence-electron chi connectivity index (χ4n) is 5.81. The van der Waals surface area contributed by atoms with Gasteiger partial charge in [0.25, 0.3) is 0 Å². The molecule has 2 aromatic rings. The molecule has 5 N–H and O–H groups in total. The third kappa shape index (κ3) is 8.51. The number of carboxylic acid groups (broad SMARTS) is 1. The second-order valence-corrected chi connectivity index (χ2v) is 11.9. The number of ether oxygens (including phenoxy) is 3. The third-order valence-electron chi connectivity index (χ3n) is 8.02. The monoisotopic (exact) mass is 628 g/mol. The number of anilines is 1. The molecule has 1 amide bonds. The predicted molar refractivity (Wildman–Crippen MR) is 164 cm³/mol. The van der Waals surface area contributed by atoms with E-state index in [0.29, 0.717) is 11.5 Å². The second kappa shape index (κ2) is 15.5. The molecule has 2 heterocycles. The van der Waals surface area contributed by atoms with Crippen molar-refractivity contribution in [2.45, 2.75) is 89.6 Å². The van der Waals surface area contributed by atoms with Gasteiger partial charge in [-0.15, -0.1) is 0 Å². The maximum atomic E-state index is 13.4. The number of aliphatic hydroxyl groups is 3. The second-order valence-electron chi connectivity index (χ2n) is 11.9. The van der Waals surface area contributed by atoms with Crippen molar-refractivity contribution in [3.8, 4) is 5.75 Å². The van der Waals surface area contributed by atoms with Crippen molar-refractivity contribution in [3.05, 3.63) is 59.2 Å². The van der Waals surface area contributed by atoms with Crippen molar-refractivity contribution in [2.24, 2.45) is 5.92 Å². The van der Waals surface area contributed by atoms with Crippen molar-refractivity contribution in [1.82, 2.24) is 5.32 Å². The smallest absolute Gasteiger partial charge is 0.344 e. The van der Waals surface area contributed by atoms with Crippen LogP contribution in [0.5, 0.6) is 5.75 Å². The van der Waals surface area contributed by atoms with Gasteiger partial charge in [0.15, 0.2) is 6.10 Å². The van der Waals surface area contributed by atoms with Crippen molar-refractivity contribution < 1.29 is 49.0 Å². The Bertz CT molecular complexity index is 1330. The van der Waals surface area contributed by atoms with E-state index >= 15 is 0 Å². The van der Waals surface area contributed by atoms with Gasteiger partial charge in [0.1, 0.15) is 29.6 Å². The minimum atomic E-state index is -1.92. The van der Waals surface area contributed by atoms with Crippen LogP contribution in [-0.2, 0) is 25.5 Å². The summed E-state index contributed by atoms with van der Waals surface area (Å²) in [4.78, 5) is 40.2. The van der Waals surface area contributed by atoms with E-state index in [2.05, 4.69) is 36.2 Å². The molecule has 1 unspecified atom stereocenters. The molecule has 12 nitrogen and oxygen atoms in total. The van der Waals surface area contributed by atoms with Crippen LogP contribution in [0.3, 0.4) is 0 Å². The van der Waals surface area contributed by atoms with Crippen LogP contribution in [0, 0.1) is 5.92 Å². The first kappa shape index (κ1) is 34.2. The molecule has 2 aliphatic rings. The van der Waals surface area contributed by atoms with Crippen molar-refractivity contribution in [3.63, 3.8) is 0 Å². The maximum Gasteiger partial charge on any atom is 0.344 e. The highest BCUT2D eigenvalue weighted by Crippen LogP contribution is 2.32. The predicted octanol–water partition coefficient (Wildman–Crippen LogP) is 2.57. The average Bonchev–Trinajstić information content (AvgIpc) is 3.01. The van der Waals surface area contributed by atoms with Gasteiger partial charge in [-0.3, -0.25) is 4.79 Å². The molecule has 0 spiro atoms. The van der Waals surface area contributed by atoms with Crippen LogP contribution in [0.2, 0.25) is 0 Å². The topological polar surface area (TPSA) is 175 Å². The van der Waals surface area contributed by atoms with Crippen LogP contribution >= 0.6 is 0 Å². The number of amides is 1. The van der Waals surface area contributed by atoms with E-state index in [9.17, 15) is 34.8 Å². The summed E-state index contributed by atoms with van der Waals surface area (Å²) < 4.78 is 15.9. The number of aliphatic hydroxyl groups excluding tert-OH is 3. The number of para-hydroxylation sites is 1. The summed E-state index contributed by atoms with van der Waals surface area (Å²) in [5.41, 5.74) is 2.76. The highest BCUT2D eigenvalue weighted by Gasteiger charge is 2.48. The molecule has 0 aromatic heterocycles. The normalized spacial score (nSPS) is 24.2. The third-order valence-corrected chi connectivity index (χ3v) is 8.02. The van der Waals surface area contributed by atoms with Gasteiger partial charge in [-0.25, -0.2) is 9.59 Å². The Labute approximate surface area is 262 Å². The maximum absolute atomic E-state index is 13.4. The highest BCUT2D eigenvalue weighted by molar-refractivity contribution is 5.93. The first-order chi connectivity index (χ1) is 21.5. The lowest BCUT2D eigenvalue weighted by molar-refractivity contribution is -0.278. The van der Waals surface area contributed by atoms with E-state index < -0.39 is 42.6 Å². The number of carbonyl (C=O) groups excluding carboxylic acids is 2. The number of carbonyl (C=O) groups is 3. The molecule has 0 aliphatic carbocycles. The number of aliphatic carboxylic acids is 1. The van der Waals surface area contributed by atoms with Crippen molar-refractivity contribution in [2.75, 3.05) is 24.6 Å². The molecule has 0 radical (unpaired) electrons. The zero-order valence-electron chi connectivity index (χ0n) is 25.9. The Balaban J connectivity index is 1.49. The summed E-state index contributed by atoms with van der Waals surface area (Å²) in [6.45, 7) is 8.13. The van der Waals surface area contributed by atoms with E-state index in [1.165, 1.54) is 12.5 Å². The lowest BCUT2D eigenvalue weighted by atomic mass is 9.94. The van der Waals surface area contributed by atoms with Gasteiger partial charge >= 0.3 is 11.9 Å². The minimum Gasteiger partial charge on any atom is -0.493 e. The molecule has 2 fully saturated rings. The van der Waals surface area contributed by atoms with Crippen LogP contribution in [0.1, 0.15) is 74.0 Å². The molecule has 6 atom stereocenters. The molecule has 45 heavy (non-hydrogen) atoms. The summed E-state index contributed by atoms with van der Waals surface area (Å²) in [5.74, 6) is -2.36. The summed E-state index contributed by atoms with van der Waals surface area (Å²) in [5, 5.41) is 42.7. The minimum absolute atomic E-state index is 0.0186. The molecule has 0 saturated carbocycles. The van der Waals surface area contributed by atoms with Gasteiger partial charge in [0.05, 0.1) is 19.1 Å². The number of carboxylic acids is 1. The largest absolute Gasteiger partial charge is 0.493 e. The van der Waals surface area contributed by atoms with Crippen LogP contribution in [0.25, 0.3) is 0 Å². The molecule has 2 aliphatic heterocycles. The van der Waals surface area contributed by atoms with Crippen molar-refractivity contribution in [1.29, 1.82) is 0 Å². The van der Waals surface area contributed by atoms with Gasteiger partial charge in [-0.2, -0.15) is 0 Å². The quantitative estimate of drug-likeness (QED) is 0.219. The Morgan fingerprint density at radius 3 is 2.38 bits per heavy atom. The fraction of sp³-hybridized carbons (Fsp3) is 0.545. The highest BCUT2D eigenvalue weighted by atomic mass is 16.7. The van der Waals surface area contributed by atoms with Gasteiger partial charge in [-0.1, -0.05) is 38.1 Å². The molecule has 246 valence electrons. The van der Waals surface area contributed by atoms with E-state index in [1.54, 1.807) is 19.1 Å². The lowest BCUT2D eigenvalue weighted by Crippen LogP contribution is -2.60. The van der Waals surface area contributed by atoms with E-state index in [1.807, 2.05) is 12.1 Å². The number of rotatable bonds is 12. The number of nitrogens with one attached hydrogen (secondary N) is 1. The van der Waals surface area contributed by atoms with Gasteiger partial charge < -0.3 is 44.9 Å². The Morgan fingerprint density at radius 1 is 1.00 bits per heavy atom. The summed E-state index contributed by atoms with van der Waals surface area (Å²) in [6.07, 6.45) is -5.22. The number of esters is 1. The van der Waals surface area contributed by atoms with E-state index in [4.69, 9.17) is 14.2 Å². The molecule has 2 saturated heterocycles.